The lowest BCUT2D eigenvalue weighted by atomic mass is 10.2. The highest BCUT2D eigenvalue weighted by Crippen LogP contribution is 2.07. The van der Waals surface area contributed by atoms with Crippen LogP contribution >= 0.6 is 11.6 Å². The lowest BCUT2D eigenvalue weighted by Crippen LogP contribution is -1.78. The fourth-order valence-corrected chi connectivity index (χ4v) is 0.790. The van der Waals surface area contributed by atoms with Crippen molar-refractivity contribution in [1.82, 2.24) is 0 Å². The second-order valence-electron chi connectivity index (χ2n) is 1.71. The van der Waals surface area contributed by atoms with Crippen LogP contribution in [0.5, 0.6) is 0 Å². The molecule has 2 nitrogen and oxygen atoms in total. The van der Waals surface area contributed by atoms with Crippen molar-refractivity contribution >= 4 is 17.8 Å². The molecule has 0 saturated carbocycles. The molecule has 0 amide bonds. The van der Waals surface area contributed by atoms with Crippen LogP contribution in [-0.2, 0) is 0 Å². The molecule has 0 heterocycles. The number of oxime groups is 1. The molecule has 1 radical (unpaired) electrons. The molecular weight excluding hydrogens is 150 g/mol. The number of nitrogens with zero attached hydrogens (tertiary/aromatic N) is 1. The number of rotatable bonds is 1. The maximum Gasteiger partial charge on any atom is 0.0734 e. The van der Waals surface area contributed by atoms with E-state index in [0.29, 0.717) is 5.02 Å². The minimum Gasteiger partial charge on any atom is -0.411 e. The maximum absolute atomic E-state index is 8.13. The summed E-state index contributed by atoms with van der Waals surface area (Å²) in [4.78, 5) is 0. The minimum atomic E-state index is 0.511. The first kappa shape index (κ1) is 7.09. The van der Waals surface area contributed by atoms with Crippen molar-refractivity contribution < 1.29 is 5.21 Å². The summed E-state index contributed by atoms with van der Waals surface area (Å²) >= 11 is 5.58. The average Bonchev–Trinajstić information content (AvgIpc) is 1.88. The van der Waals surface area contributed by atoms with Crippen LogP contribution in [0.15, 0.2) is 23.4 Å². The lowest BCUT2D eigenvalue weighted by molar-refractivity contribution is 0.322. The summed E-state index contributed by atoms with van der Waals surface area (Å²) in [7, 11) is 0. The third-order valence-electron chi connectivity index (χ3n) is 0.997. The summed E-state index contributed by atoms with van der Waals surface area (Å²) in [6, 6.07) is 7.81. The third kappa shape index (κ3) is 1.74. The average molecular weight is 155 g/mol. The van der Waals surface area contributed by atoms with Gasteiger partial charge in [-0.1, -0.05) is 28.9 Å². The highest BCUT2D eigenvalue weighted by atomic mass is 35.5. The van der Waals surface area contributed by atoms with Gasteiger partial charge in [0, 0.05) is 11.1 Å². The lowest BCUT2D eigenvalue weighted by Gasteiger charge is -1.89. The number of benzene rings is 1. The molecule has 1 aromatic carbocycles. The van der Waals surface area contributed by atoms with Gasteiger partial charge in [0.05, 0.1) is 6.21 Å². The van der Waals surface area contributed by atoms with Crippen molar-refractivity contribution in [2.75, 3.05) is 0 Å². The molecular formula is C7H5ClNO. The Morgan fingerprint density at radius 1 is 1.70 bits per heavy atom. The summed E-state index contributed by atoms with van der Waals surface area (Å²) in [5.74, 6) is 0. The van der Waals surface area contributed by atoms with Gasteiger partial charge < -0.3 is 5.21 Å². The molecule has 0 aromatic heterocycles. The summed E-state index contributed by atoms with van der Waals surface area (Å²) in [6.07, 6.45) is 1.31. The van der Waals surface area contributed by atoms with Gasteiger partial charge in [0.15, 0.2) is 0 Å². The van der Waals surface area contributed by atoms with Gasteiger partial charge in [-0.2, -0.15) is 0 Å². The van der Waals surface area contributed by atoms with E-state index in [1.54, 1.807) is 18.2 Å². The summed E-state index contributed by atoms with van der Waals surface area (Å²) < 4.78 is 0. The van der Waals surface area contributed by atoms with Crippen molar-refractivity contribution in [2.24, 2.45) is 5.16 Å². The zero-order chi connectivity index (χ0) is 7.40. The highest BCUT2D eigenvalue weighted by molar-refractivity contribution is 6.30. The van der Waals surface area contributed by atoms with E-state index >= 15 is 0 Å². The molecule has 0 atom stereocenters. The Hall–Kier alpha value is -1.02. The van der Waals surface area contributed by atoms with Gasteiger partial charge in [-0.15, -0.1) is 0 Å². The Morgan fingerprint density at radius 3 is 3.10 bits per heavy atom. The Morgan fingerprint density at radius 2 is 2.50 bits per heavy atom. The zero-order valence-corrected chi connectivity index (χ0v) is 5.84. The Balaban J connectivity index is 2.95. The molecule has 0 spiro atoms. The van der Waals surface area contributed by atoms with E-state index in [9.17, 15) is 0 Å². The van der Waals surface area contributed by atoms with Crippen LogP contribution < -0.4 is 0 Å². The molecule has 1 aromatic rings. The molecule has 0 aliphatic heterocycles. The first-order chi connectivity index (χ1) is 4.83. The summed E-state index contributed by atoms with van der Waals surface area (Å²) in [6.45, 7) is 0. The quantitative estimate of drug-likeness (QED) is 0.374. The maximum atomic E-state index is 8.13. The molecule has 0 fully saturated rings. The van der Waals surface area contributed by atoms with Crippen LogP contribution in [-0.4, -0.2) is 11.4 Å². The first-order valence-corrected chi connectivity index (χ1v) is 3.05. The van der Waals surface area contributed by atoms with Crippen molar-refractivity contribution in [3.05, 3.63) is 34.9 Å². The molecule has 0 bridgehead atoms. The van der Waals surface area contributed by atoms with Gasteiger partial charge in [-0.3, -0.25) is 0 Å². The standard InChI is InChI=1S/C7H5ClNO/c8-7-3-1-2-6(4-7)5-9-10/h1-2,4-5,10H. The van der Waals surface area contributed by atoms with Gasteiger partial charge in [-0.05, 0) is 11.6 Å². The monoisotopic (exact) mass is 154 g/mol. The summed E-state index contributed by atoms with van der Waals surface area (Å²) in [5.41, 5.74) is 0.756. The number of halogens is 1. The smallest absolute Gasteiger partial charge is 0.0734 e. The van der Waals surface area contributed by atoms with E-state index < -0.39 is 0 Å². The SMILES string of the molecule is ON=Cc1cc[c]c(Cl)c1. The van der Waals surface area contributed by atoms with Crippen LogP contribution in [0.4, 0.5) is 0 Å². The van der Waals surface area contributed by atoms with Crippen molar-refractivity contribution in [3.8, 4) is 0 Å². The van der Waals surface area contributed by atoms with Crippen LogP contribution in [0.2, 0.25) is 5.02 Å². The predicted octanol–water partition coefficient (Wildman–Crippen LogP) is 1.95. The Kier molecular flexibility index (Phi) is 2.29. The van der Waals surface area contributed by atoms with Crippen LogP contribution in [0.1, 0.15) is 5.56 Å². The van der Waals surface area contributed by atoms with E-state index in [-0.39, 0.29) is 0 Å². The fourth-order valence-electron chi connectivity index (χ4n) is 0.601. The fraction of sp³-hybridized carbons (Fsp3) is 0. The van der Waals surface area contributed by atoms with Gasteiger partial charge in [0.25, 0.3) is 0 Å². The Bertz CT molecular complexity index is 247. The molecule has 3 heteroatoms. The summed E-state index contributed by atoms with van der Waals surface area (Å²) in [5, 5.41) is 11.5. The zero-order valence-electron chi connectivity index (χ0n) is 5.08. The first-order valence-electron chi connectivity index (χ1n) is 2.67. The van der Waals surface area contributed by atoms with E-state index in [2.05, 4.69) is 11.2 Å². The van der Waals surface area contributed by atoms with Crippen molar-refractivity contribution in [2.45, 2.75) is 0 Å². The molecule has 0 saturated heterocycles. The van der Waals surface area contributed by atoms with Crippen LogP contribution in [0, 0.1) is 6.07 Å². The van der Waals surface area contributed by atoms with Crippen LogP contribution in [0.25, 0.3) is 0 Å². The number of hydrogen-bond acceptors (Lipinski definition) is 2. The van der Waals surface area contributed by atoms with Gasteiger partial charge in [0.2, 0.25) is 0 Å². The Labute approximate surface area is 63.7 Å². The topological polar surface area (TPSA) is 32.6 Å². The molecule has 0 unspecified atom stereocenters. The van der Waals surface area contributed by atoms with E-state index in [1.807, 2.05) is 0 Å². The molecule has 0 aliphatic rings. The third-order valence-corrected chi connectivity index (χ3v) is 1.22. The second kappa shape index (κ2) is 3.22. The van der Waals surface area contributed by atoms with Gasteiger partial charge in [-0.25, -0.2) is 0 Å². The van der Waals surface area contributed by atoms with E-state index in [0.717, 1.165) is 5.56 Å². The minimum absolute atomic E-state index is 0.511. The van der Waals surface area contributed by atoms with Gasteiger partial charge >= 0.3 is 0 Å². The highest BCUT2D eigenvalue weighted by Gasteiger charge is 1.88. The predicted molar refractivity (Wildman–Crippen MR) is 39.7 cm³/mol. The van der Waals surface area contributed by atoms with E-state index in [1.165, 1.54) is 6.21 Å². The molecule has 1 N–H and O–H groups in total. The molecule has 10 heavy (non-hydrogen) atoms. The van der Waals surface area contributed by atoms with Crippen molar-refractivity contribution in [1.29, 1.82) is 0 Å². The molecule has 0 aliphatic carbocycles. The van der Waals surface area contributed by atoms with Crippen LogP contribution in [0.3, 0.4) is 0 Å². The number of hydrogen-bond donors (Lipinski definition) is 1. The molecule has 51 valence electrons. The normalized spacial score (nSPS) is 10.5. The van der Waals surface area contributed by atoms with E-state index in [4.69, 9.17) is 16.8 Å². The van der Waals surface area contributed by atoms with Gasteiger partial charge in [0.1, 0.15) is 0 Å². The largest absolute Gasteiger partial charge is 0.411 e. The second-order valence-corrected chi connectivity index (χ2v) is 2.12. The van der Waals surface area contributed by atoms with Crippen molar-refractivity contribution in [3.63, 3.8) is 0 Å². The molecule has 1 rings (SSSR count).